The molecular weight excluding hydrogens is 428 g/mol. The summed E-state index contributed by atoms with van der Waals surface area (Å²) in [7, 11) is -4.04. The zero-order valence-corrected chi connectivity index (χ0v) is 18.7. The van der Waals surface area contributed by atoms with Gasteiger partial charge in [-0.15, -0.1) is 0 Å². The number of hydrogen-bond acceptors (Lipinski definition) is 5. The normalized spacial score (nSPS) is 11.2. The molecule has 0 aliphatic rings. The first-order valence-electron chi connectivity index (χ1n) is 9.74. The van der Waals surface area contributed by atoms with Gasteiger partial charge in [-0.3, -0.25) is 9.10 Å². The number of rotatable bonds is 12. The van der Waals surface area contributed by atoms with Crippen molar-refractivity contribution in [3.63, 3.8) is 0 Å². The molecule has 164 valence electrons. The zero-order valence-electron chi connectivity index (χ0n) is 17.1. The Morgan fingerprint density at radius 3 is 2.43 bits per heavy atom. The minimum Gasteiger partial charge on any atom is -0.492 e. The maximum absolute atomic E-state index is 13.4. The molecule has 0 unspecified atom stereocenters. The summed E-state index contributed by atoms with van der Waals surface area (Å²) in [6, 6.07) is 12.5. The predicted octanol–water partition coefficient (Wildman–Crippen LogP) is 3.48. The number of amides is 1. The molecule has 7 nitrogen and oxygen atoms in total. The molecule has 0 fully saturated rings. The van der Waals surface area contributed by atoms with Gasteiger partial charge in [0, 0.05) is 24.8 Å². The third-order valence-electron chi connectivity index (χ3n) is 4.11. The quantitative estimate of drug-likeness (QED) is 0.496. The lowest BCUT2D eigenvalue weighted by Crippen LogP contribution is -2.41. The number of halogens is 1. The first-order valence-corrected chi connectivity index (χ1v) is 11.6. The summed E-state index contributed by atoms with van der Waals surface area (Å²) >= 11 is 5.90. The van der Waals surface area contributed by atoms with Gasteiger partial charge in [0.1, 0.15) is 12.3 Å². The van der Waals surface area contributed by atoms with Crippen LogP contribution in [-0.4, -0.2) is 47.2 Å². The Morgan fingerprint density at radius 1 is 1.07 bits per heavy atom. The Bertz CT molecular complexity index is 919. The molecule has 0 spiro atoms. The highest BCUT2D eigenvalue weighted by Crippen LogP contribution is 2.32. The Morgan fingerprint density at radius 2 is 1.77 bits per heavy atom. The fraction of sp³-hybridized carbons (Fsp3) is 0.381. The van der Waals surface area contributed by atoms with Crippen molar-refractivity contribution in [2.24, 2.45) is 0 Å². The van der Waals surface area contributed by atoms with Gasteiger partial charge in [0.05, 0.1) is 17.2 Å². The largest absolute Gasteiger partial charge is 0.492 e. The molecule has 1 N–H and O–H groups in total. The van der Waals surface area contributed by atoms with Gasteiger partial charge < -0.3 is 14.8 Å². The molecule has 0 saturated carbocycles. The SMILES string of the molecule is CCOCCCNC(=O)CN(c1ccccc1OCC)S(=O)(=O)c1ccc(Cl)cc1. The van der Waals surface area contributed by atoms with E-state index in [0.717, 1.165) is 4.31 Å². The molecule has 9 heteroatoms. The van der Waals surface area contributed by atoms with E-state index < -0.39 is 15.9 Å². The van der Waals surface area contributed by atoms with Crippen LogP contribution in [-0.2, 0) is 19.6 Å². The summed E-state index contributed by atoms with van der Waals surface area (Å²) in [4.78, 5) is 12.6. The van der Waals surface area contributed by atoms with Gasteiger partial charge in [-0.1, -0.05) is 23.7 Å². The van der Waals surface area contributed by atoms with Crippen LogP contribution in [0.25, 0.3) is 0 Å². The highest BCUT2D eigenvalue weighted by atomic mass is 35.5. The standard InChI is InChI=1S/C21H27ClN2O5S/c1-3-28-15-7-14-23-21(25)16-24(19-8-5-6-9-20(19)29-4-2)30(26,27)18-12-10-17(22)11-13-18/h5-6,8-13H,3-4,7,14-16H2,1-2H3,(H,23,25). The maximum Gasteiger partial charge on any atom is 0.264 e. The number of nitrogens with one attached hydrogen (secondary N) is 1. The number of hydrogen-bond donors (Lipinski definition) is 1. The second-order valence-electron chi connectivity index (χ2n) is 6.27. The van der Waals surface area contributed by atoms with Crippen LogP contribution < -0.4 is 14.4 Å². The summed E-state index contributed by atoms with van der Waals surface area (Å²) in [5.74, 6) is -0.0444. The van der Waals surface area contributed by atoms with Crippen molar-refractivity contribution in [2.75, 3.05) is 37.2 Å². The van der Waals surface area contributed by atoms with Gasteiger partial charge in [0.2, 0.25) is 5.91 Å². The minimum atomic E-state index is -4.04. The van der Waals surface area contributed by atoms with E-state index >= 15 is 0 Å². The highest BCUT2D eigenvalue weighted by Gasteiger charge is 2.29. The lowest BCUT2D eigenvalue weighted by Gasteiger charge is -2.26. The van der Waals surface area contributed by atoms with Gasteiger partial charge in [-0.05, 0) is 56.7 Å². The first kappa shape index (κ1) is 24.0. The molecule has 0 aromatic heterocycles. The van der Waals surface area contributed by atoms with Gasteiger partial charge in [0.15, 0.2) is 0 Å². The Balaban J connectivity index is 2.31. The number of sulfonamides is 1. The molecule has 2 aromatic carbocycles. The third-order valence-corrected chi connectivity index (χ3v) is 6.14. The van der Waals surface area contributed by atoms with Gasteiger partial charge in [0.25, 0.3) is 10.0 Å². The molecule has 30 heavy (non-hydrogen) atoms. The van der Waals surface area contributed by atoms with Crippen LogP contribution in [0, 0.1) is 0 Å². The van der Waals surface area contributed by atoms with E-state index in [0.29, 0.717) is 49.2 Å². The number of nitrogens with zero attached hydrogens (tertiary/aromatic N) is 1. The van der Waals surface area contributed by atoms with Crippen molar-refractivity contribution in [3.8, 4) is 5.75 Å². The molecule has 0 heterocycles. The molecule has 1 amide bonds. The van der Waals surface area contributed by atoms with E-state index in [1.54, 1.807) is 31.2 Å². The predicted molar refractivity (Wildman–Crippen MR) is 118 cm³/mol. The molecule has 2 rings (SSSR count). The number of carbonyl (C=O) groups is 1. The number of anilines is 1. The van der Waals surface area contributed by atoms with Crippen LogP contribution >= 0.6 is 11.6 Å². The van der Waals surface area contributed by atoms with Crippen LogP contribution in [0.15, 0.2) is 53.4 Å². The summed E-state index contributed by atoms with van der Waals surface area (Å²) in [5, 5.41) is 3.16. The average molecular weight is 455 g/mol. The number of para-hydroxylation sites is 2. The van der Waals surface area contributed by atoms with Gasteiger partial charge in [-0.25, -0.2) is 8.42 Å². The molecule has 0 radical (unpaired) electrons. The van der Waals surface area contributed by atoms with Crippen molar-refractivity contribution in [1.82, 2.24) is 5.32 Å². The lowest BCUT2D eigenvalue weighted by atomic mass is 10.3. The summed E-state index contributed by atoms with van der Waals surface area (Å²) in [5.41, 5.74) is 0.291. The number of benzene rings is 2. The highest BCUT2D eigenvalue weighted by molar-refractivity contribution is 7.92. The van der Waals surface area contributed by atoms with Gasteiger partial charge >= 0.3 is 0 Å². The Kier molecular flexibility index (Phi) is 9.42. The fourth-order valence-corrected chi connectivity index (χ4v) is 4.26. The van der Waals surface area contributed by atoms with Crippen molar-refractivity contribution in [1.29, 1.82) is 0 Å². The number of carbonyl (C=O) groups excluding carboxylic acids is 1. The van der Waals surface area contributed by atoms with Crippen molar-refractivity contribution in [3.05, 3.63) is 53.6 Å². The van der Waals surface area contributed by atoms with E-state index in [1.807, 2.05) is 6.92 Å². The Hall–Kier alpha value is -2.29. The Labute approximate surface area is 183 Å². The molecule has 0 aliphatic carbocycles. The fourth-order valence-electron chi connectivity index (χ4n) is 2.71. The van der Waals surface area contributed by atoms with Crippen molar-refractivity contribution >= 4 is 33.2 Å². The molecule has 0 saturated heterocycles. The van der Waals surface area contributed by atoms with Crippen LogP contribution in [0.5, 0.6) is 5.75 Å². The van der Waals surface area contributed by atoms with E-state index in [1.165, 1.54) is 24.3 Å². The molecule has 0 atom stereocenters. The maximum atomic E-state index is 13.4. The summed E-state index contributed by atoms with van der Waals surface area (Å²) in [6.07, 6.45) is 0.638. The molecule has 0 aliphatic heterocycles. The molecule has 0 bridgehead atoms. The lowest BCUT2D eigenvalue weighted by molar-refractivity contribution is -0.119. The van der Waals surface area contributed by atoms with E-state index in [2.05, 4.69) is 5.32 Å². The van der Waals surface area contributed by atoms with Crippen molar-refractivity contribution in [2.45, 2.75) is 25.2 Å². The second kappa shape index (κ2) is 11.8. The van der Waals surface area contributed by atoms with Crippen LogP contribution in [0.3, 0.4) is 0 Å². The summed E-state index contributed by atoms with van der Waals surface area (Å²) < 4.78 is 38.7. The first-order chi connectivity index (χ1) is 14.4. The van der Waals surface area contributed by atoms with E-state index in [9.17, 15) is 13.2 Å². The molecular formula is C21H27ClN2O5S. The van der Waals surface area contributed by atoms with Crippen molar-refractivity contribution < 1.29 is 22.7 Å². The topological polar surface area (TPSA) is 84.9 Å². The smallest absolute Gasteiger partial charge is 0.264 e. The number of ether oxygens (including phenoxy) is 2. The van der Waals surface area contributed by atoms with E-state index in [4.69, 9.17) is 21.1 Å². The monoisotopic (exact) mass is 454 g/mol. The summed E-state index contributed by atoms with van der Waals surface area (Å²) in [6.45, 7) is 5.19. The third kappa shape index (κ3) is 6.62. The van der Waals surface area contributed by atoms with Crippen LogP contribution in [0.1, 0.15) is 20.3 Å². The van der Waals surface area contributed by atoms with Crippen LogP contribution in [0.2, 0.25) is 5.02 Å². The minimum absolute atomic E-state index is 0.0300. The van der Waals surface area contributed by atoms with Gasteiger partial charge in [-0.2, -0.15) is 0 Å². The second-order valence-corrected chi connectivity index (χ2v) is 8.57. The van der Waals surface area contributed by atoms with E-state index in [-0.39, 0.29) is 11.4 Å². The average Bonchev–Trinajstić information content (AvgIpc) is 2.73. The van der Waals surface area contributed by atoms with Crippen LogP contribution in [0.4, 0.5) is 5.69 Å². The zero-order chi connectivity index (χ0) is 22.0. The molecule has 2 aromatic rings.